The summed E-state index contributed by atoms with van der Waals surface area (Å²) in [6, 6.07) is 10.4. The Labute approximate surface area is 153 Å². The Morgan fingerprint density at radius 3 is 2.56 bits per heavy atom. The largest absolute Gasteiger partial charge is 0.479 e. The first-order valence-electron chi connectivity index (χ1n) is 7.06. The summed E-state index contributed by atoms with van der Waals surface area (Å²) >= 11 is 11.8. The molecule has 130 valence electrons. The van der Waals surface area contributed by atoms with Gasteiger partial charge in [-0.3, -0.25) is 14.9 Å². The lowest BCUT2D eigenvalue weighted by Gasteiger charge is -2.14. The predicted molar refractivity (Wildman–Crippen MR) is 95.4 cm³/mol. The van der Waals surface area contributed by atoms with E-state index in [1.54, 1.807) is 19.1 Å². The van der Waals surface area contributed by atoms with Crippen molar-refractivity contribution in [2.45, 2.75) is 13.0 Å². The van der Waals surface area contributed by atoms with Gasteiger partial charge in [0.2, 0.25) is 0 Å². The molecule has 1 atom stereocenters. The first-order chi connectivity index (χ1) is 11.9. The van der Waals surface area contributed by atoms with E-state index in [9.17, 15) is 14.9 Å². The zero-order valence-electron chi connectivity index (χ0n) is 13.0. The van der Waals surface area contributed by atoms with E-state index >= 15 is 0 Å². The molecule has 1 amide bonds. The summed E-state index contributed by atoms with van der Waals surface area (Å²) in [5.74, 6) is -0.155. The van der Waals surface area contributed by atoms with Crippen molar-refractivity contribution in [2.24, 2.45) is 5.10 Å². The van der Waals surface area contributed by atoms with Gasteiger partial charge in [0.15, 0.2) is 6.10 Å². The minimum absolute atomic E-state index is 0.0250. The number of nitro groups is 1. The Kier molecular flexibility index (Phi) is 6.32. The molecule has 0 spiro atoms. The van der Waals surface area contributed by atoms with Crippen LogP contribution in [0.2, 0.25) is 10.0 Å². The first-order valence-corrected chi connectivity index (χ1v) is 7.81. The zero-order valence-corrected chi connectivity index (χ0v) is 14.5. The molecule has 0 heterocycles. The molecule has 0 saturated heterocycles. The maximum atomic E-state index is 12.0. The fourth-order valence-electron chi connectivity index (χ4n) is 1.76. The summed E-state index contributed by atoms with van der Waals surface area (Å²) in [6.07, 6.45) is 0.525. The molecule has 0 aliphatic carbocycles. The summed E-state index contributed by atoms with van der Waals surface area (Å²) < 4.78 is 5.46. The first kappa shape index (κ1) is 18.7. The number of ether oxygens (including phenoxy) is 1. The number of hydrogen-bond donors (Lipinski definition) is 1. The molecule has 1 N–H and O–H groups in total. The van der Waals surface area contributed by atoms with Crippen LogP contribution >= 0.6 is 23.2 Å². The fourth-order valence-corrected chi connectivity index (χ4v) is 2.21. The molecule has 0 fully saturated rings. The molecule has 9 heteroatoms. The maximum Gasteiger partial charge on any atom is 0.280 e. The number of hydrazone groups is 1. The highest BCUT2D eigenvalue weighted by atomic mass is 35.5. The molecule has 2 rings (SSSR count). The van der Waals surface area contributed by atoms with Gasteiger partial charge in [0.25, 0.3) is 11.6 Å². The topological polar surface area (TPSA) is 93.8 Å². The molecule has 25 heavy (non-hydrogen) atoms. The molecule has 7 nitrogen and oxygen atoms in total. The second-order valence-electron chi connectivity index (χ2n) is 4.92. The highest BCUT2D eigenvalue weighted by molar-refractivity contribution is 6.35. The summed E-state index contributed by atoms with van der Waals surface area (Å²) in [5.41, 5.74) is 2.89. The number of carbonyl (C=O) groups is 1. The van der Waals surface area contributed by atoms with E-state index in [-0.39, 0.29) is 5.69 Å². The Hall–Kier alpha value is -2.64. The maximum absolute atomic E-state index is 12.0. The van der Waals surface area contributed by atoms with E-state index in [4.69, 9.17) is 27.9 Å². The van der Waals surface area contributed by atoms with Crippen molar-refractivity contribution >= 4 is 41.0 Å². The number of amides is 1. The lowest BCUT2D eigenvalue weighted by molar-refractivity contribution is -0.384. The Bertz CT molecular complexity index is 810. The summed E-state index contributed by atoms with van der Waals surface area (Å²) in [7, 11) is 0. The number of nitrogens with one attached hydrogen (secondary N) is 1. The van der Waals surface area contributed by atoms with Crippen LogP contribution in [0.4, 0.5) is 5.69 Å². The smallest absolute Gasteiger partial charge is 0.280 e. The second-order valence-corrected chi connectivity index (χ2v) is 5.76. The molecule has 0 aromatic heterocycles. The van der Waals surface area contributed by atoms with Gasteiger partial charge in [0, 0.05) is 17.2 Å². The zero-order chi connectivity index (χ0) is 18.4. The van der Waals surface area contributed by atoms with Crippen LogP contribution in [0, 0.1) is 10.1 Å². The normalized spacial score (nSPS) is 12.0. The van der Waals surface area contributed by atoms with Crippen LogP contribution in [0.5, 0.6) is 5.75 Å². The Morgan fingerprint density at radius 1 is 1.28 bits per heavy atom. The van der Waals surface area contributed by atoms with Crippen LogP contribution < -0.4 is 10.2 Å². The number of hydrogen-bond acceptors (Lipinski definition) is 5. The molecule has 0 bridgehead atoms. The third kappa shape index (κ3) is 5.44. The average molecular weight is 382 g/mol. The average Bonchev–Trinajstić information content (AvgIpc) is 2.57. The van der Waals surface area contributed by atoms with Crippen molar-refractivity contribution in [3.63, 3.8) is 0 Å². The summed E-state index contributed by atoms with van der Waals surface area (Å²) in [6.45, 7) is 1.54. The van der Waals surface area contributed by atoms with Crippen LogP contribution in [0.15, 0.2) is 47.6 Å². The van der Waals surface area contributed by atoms with Crippen molar-refractivity contribution in [1.82, 2.24) is 5.43 Å². The van der Waals surface area contributed by atoms with Crippen molar-refractivity contribution in [3.05, 3.63) is 68.2 Å². The number of nitro benzene ring substituents is 1. The van der Waals surface area contributed by atoms with E-state index in [2.05, 4.69) is 10.5 Å². The lowest BCUT2D eigenvalue weighted by Crippen LogP contribution is -2.33. The van der Waals surface area contributed by atoms with Gasteiger partial charge in [-0.1, -0.05) is 23.2 Å². The number of halogens is 2. The van der Waals surface area contributed by atoms with E-state index in [1.807, 2.05) is 0 Å². The minimum Gasteiger partial charge on any atom is -0.479 e. The van der Waals surface area contributed by atoms with E-state index in [0.717, 1.165) is 0 Å². The fraction of sp³-hybridized carbons (Fsp3) is 0.125. The lowest BCUT2D eigenvalue weighted by atomic mass is 10.2. The molecular formula is C16H13Cl2N3O4. The molecule has 0 aliphatic heterocycles. The van der Waals surface area contributed by atoms with Crippen LogP contribution in [-0.4, -0.2) is 23.1 Å². The summed E-state index contributed by atoms with van der Waals surface area (Å²) in [5, 5.41) is 15.1. The predicted octanol–water partition coefficient (Wildman–Crippen LogP) is 3.82. The Balaban J connectivity index is 1.91. The van der Waals surface area contributed by atoms with Gasteiger partial charge in [-0.15, -0.1) is 0 Å². The molecule has 0 saturated carbocycles. The van der Waals surface area contributed by atoms with Gasteiger partial charge in [-0.2, -0.15) is 5.10 Å². The van der Waals surface area contributed by atoms with Crippen LogP contribution in [-0.2, 0) is 4.79 Å². The SMILES string of the molecule is CC(Oc1ccc(Cl)cc1Cl)C(=O)NN=Cc1ccc([N+](=O)[O-])cc1. The van der Waals surface area contributed by atoms with Crippen molar-refractivity contribution in [2.75, 3.05) is 0 Å². The monoisotopic (exact) mass is 381 g/mol. The van der Waals surface area contributed by atoms with Gasteiger partial charge < -0.3 is 4.74 Å². The van der Waals surface area contributed by atoms with Crippen LogP contribution in [0.1, 0.15) is 12.5 Å². The van der Waals surface area contributed by atoms with E-state index in [0.29, 0.717) is 21.4 Å². The van der Waals surface area contributed by atoms with E-state index < -0.39 is 16.9 Å². The van der Waals surface area contributed by atoms with Crippen molar-refractivity contribution in [1.29, 1.82) is 0 Å². The molecule has 0 aliphatic rings. The van der Waals surface area contributed by atoms with E-state index in [1.165, 1.54) is 36.5 Å². The summed E-state index contributed by atoms with van der Waals surface area (Å²) in [4.78, 5) is 22.0. The van der Waals surface area contributed by atoms with Crippen molar-refractivity contribution in [3.8, 4) is 5.75 Å². The number of benzene rings is 2. The van der Waals surface area contributed by atoms with Gasteiger partial charge in [-0.25, -0.2) is 5.43 Å². The second kappa shape index (κ2) is 8.46. The minimum atomic E-state index is -0.840. The third-order valence-electron chi connectivity index (χ3n) is 3.06. The van der Waals surface area contributed by atoms with Gasteiger partial charge in [-0.05, 0) is 42.8 Å². The Morgan fingerprint density at radius 2 is 1.96 bits per heavy atom. The third-order valence-corrected chi connectivity index (χ3v) is 3.59. The quantitative estimate of drug-likeness (QED) is 0.467. The van der Waals surface area contributed by atoms with Gasteiger partial charge >= 0.3 is 0 Å². The number of carbonyl (C=O) groups excluding carboxylic acids is 1. The van der Waals surface area contributed by atoms with Crippen molar-refractivity contribution < 1.29 is 14.5 Å². The number of rotatable bonds is 6. The highest BCUT2D eigenvalue weighted by Gasteiger charge is 2.15. The molecule has 1 unspecified atom stereocenters. The number of non-ortho nitro benzene ring substituents is 1. The van der Waals surface area contributed by atoms with Gasteiger partial charge in [0.1, 0.15) is 5.75 Å². The molecule has 2 aromatic rings. The highest BCUT2D eigenvalue weighted by Crippen LogP contribution is 2.28. The molecule has 0 radical (unpaired) electrons. The van der Waals surface area contributed by atoms with Gasteiger partial charge in [0.05, 0.1) is 16.2 Å². The standard InChI is InChI=1S/C16H13Cl2N3O4/c1-10(25-15-7-4-12(17)8-14(15)18)16(22)20-19-9-11-2-5-13(6-3-11)21(23)24/h2-10H,1H3,(H,20,22). The molecule has 2 aromatic carbocycles. The number of nitrogens with zero attached hydrogens (tertiary/aromatic N) is 2. The molecular weight excluding hydrogens is 369 g/mol. The van der Waals surface area contributed by atoms with Crippen LogP contribution in [0.3, 0.4) is 0 Å². The van der Waals surface area contributed by atoms with Crippen LogP contribution in [0.25, 0.3) is 0 Å².